The lowest BCUT2D eigenvalue weighted by molar-refractivity contribution is -0.386. The van der Waals surface area contributed by atoms with Crippen molar-refractivity contribution in [2.24, 2.45) is 5.10 Å². The van der Waals surface area contributed by atoms with Crippen LogP contribution < -0.4 is 15.0 Å². The number of para-hydroxylation sites is 1. The second kappa shape index (κ2) is 12.0. The molecule has 0 aliphatic rings. The molecule has 9 nitrogen and oxygen atoms in total. The van der Waals surface area contributed by atoms with E-state index in [0.29, 0.717) is 33.2 Å². The summed E-state index contributed by atoms with van der Waals surface area (Å²) in [5.41, 5.74) is 2.95. The zero-order chi connectivity index (χ0) is 29.1. The van der Waals surface area contributed by atoms with Crippen LogP contribution in [0, 0.1) is 17.0 Å². The molecule has 0 saturated heterocycles. The molecule has 0 radical (unpaired) electrons. The van der Waals surface area contributed by atoms with Crippen LogP contribution in [0.4, 0.5) is 5.69 Å². The van der Waals surface area contributed by atoms with Crippen molar-refractivity contribution in [2.75, 3.05) is 7.11 Å². The highest BCUT2D eigenvalue weighted by Gasteiger charge is 2.22. The van der Waals surface area contributed by atoms with E-state index >= 15 is 0 Å². The molecule has 1 aromatic heterocycles. The van der Waals surface area contributed by atoms with Gasteiger partial charge in [0.15, 0.2) is 5.82 Å². The third-order valence-corrected chi connectivity index (χ3v) is 7.24. The summed E-state index contributed by atoms with van der Waals surface area (Å²) in [6.45, 7) is 9.84. The maximum absolute atomic E-state index is 13.7. The average Bonchev–Trinajstić information content (AvgIpc) is 2.93. The number of hydrogen-bond acceptors (Lipinski definition) is 7. The smallest absolute Gasteiger partial charge is 0.312 e. The largest absolute Gasteiger partial charge is 0.496 e. The van der Waals surface area contributed by atoms with Crippen molar-refractivity contribution in [3.63, 3.8) is 0 Å². The summed E-state index contributed by atoms with van der Waals surface area (Å²) in [5, 5.41) is 16.8. The average molecular weight is 608 g/mol. The third-order valence-electron chi connectivity index (χ3n) is 6.65. The van der Waals surface area contributed by atoms with Crippen molar-refractivity contribution in [1.29, 1.82) is 0 Å². The number of fused-ring (bicyclic) bond motifs is 1. The molecular formula is C30H31BrN4O5. The van der Waals surface area contributed by atoms with Gasteiger partial charge in [0.2, 0.25) is 5.75 Å². The fourth-order valence-electron chi connectivity index (χ4n) is 4.31. The van der Waals surface area contributed by atoms with Crippen molar-refractivity contribution in [1.82, 2.24) is 9.66 Å². The first-order valence-corrected chi connectivity index (χ1v) is 13.7. The molecular weight excluding hydrogens is 576 g/mol. The highest BCUT2D eigenvalue weighted by Crippen LogP contribution is 2.37. The number of nitro groups is 1. The Kier molecular flexibility index (Phi) is 8.68. The fourth-order valence-corrected chi connectivity index (χ4v) is 4.87. The monoisotopic (exact) mass is 606 g/mol. The molecule has 0 amide bonds. The molecule has 3 aromatic carbocycles. The zero-order valence-electron chi connectivity index (χ0n) is 23.3. The van der Waals surface area contributed by atoms with Crippen LogP contribution in [0.15, 0.2) is 62.9 Å². The van der Waals surface area contributed by atoms with E-state index in [1.165, 1.54) is 17.0 Å². The van der Waals surface area contributed by atoms with E-state index in [2.05, 4.69) is 34.9 Å². The number of hydrogen-bond donors (Lipinski definition) is 0. The number of nitrogens with zero attached hydrogens (tertiary/aromatic N) is 4. The summed E-state index contributed by atoms with van der Waals surface area (Å²) in [4.78, 5) is 29.9. The second-order valence-electron chi connectivity index (χ2n) is 9.82. The Morgan fingerprint density at radius 3 is 2.55 bits per heavy atom. The molecule has 1 atom stereocenters. The van der Waals surface area contributed by atoms with Crippen molar-refractivity contribution in [2.45, 2.75) is 53.1 Å². The minimum absolute atomic E-state index is 0.150. The molecule has 0 bridgehead atoms. The van der Waals surface area contributed by atoms with Gasteiger partial charge < -0.3 is 9.47 Å². The van der Waals surface area contributed by atoms with Crippen LogP contribution in [0.5, 0.6) is 11.5 Å². The van der Waals surface area contributed by atoms with Gasteiger partial charge in [0.25, 0.3) is 5.56 Å². The molecule has 0 spiro atoms. The Hall–Kier alpha value is -4.05. The Morgan fingerprint density at radius 2 is 1.90 bits per heavy atom. The molecule has 0 N–H and O–H groups in total. The predicted octanol–water partition coefficient (Wildman–Crippen LogP) is 7.23. The number of methoxy groups -OCH3 is 1. The van der Waals surface area contributed by atoms with Gasteiger partial charge in [0.1, 0.15) is 5.75 Å². The molecule has 0 aliphatic carbocycles. The number of aromatic nitrogens is 2. The molecule has 0 fully saturated rings. The molecule has 0 saturated carbocycles. The van der Waals surface area contributed by atoms with Crippen molar-refractivity contribution < 1.29 is 14.4 Å². The first kappa shape index (κ1) is 28.9. The van der Waals surface area contributed by atoms with Gasteiger partial charge in [-0.1, -0.05) is 32.9 Å². The van der Waals surface area contributed by atoms with E-state index in [0.717, 1.165) is 22.4 Å². The maximum atomic E-state index is 13.7. The molecule has 10 heteroatoms. The van der Waals surface area contributed by atoms with Gasteiger partial charge in [0.05, 0.1) is 39.7 Å². The number of nitro benzene ring substituents is 1. The van der Waals surface area contributed by atoms with Crippen LogP contribution in [0.2, 0.25) is 0 Å². The van der Waals surface area contributed by atoms with Crippen molar-refractivity contribution >= 4 is 38.7 Å². The number of rotatable bonds is 9. The fraction of sp³-hybridized carbons (Fsp3) is 0.300. The lowest BCUT2D eigenvalue weighted by Gasteiger charge is -2.17. The standard InChI is InChI=1S/C30H31BrN4O5/c1-7-19(5)40-28-24(31)13-20(14-26(28)35(37)38)16-32-34-29(33-25-11-9-8-10-21(25)30(34)36)23-15-22(17(2)3)27(39-6)12-18(23)4/h8-17,19H,7H2,1-6H3/t19-/m0/s1. The number of halogens is 1. The van der Waals surface area contributed by atoms with E-state index in [4.69, 9.17) is 14.5 Å². The van der Waals surface area contributed by atoms with E-state index in [-0.39, 0.29) is 29.0 Å². The maximum Gasteiger partial charge on any atom is 0.312 e. The predicted molar refractivity (Wildman–Crippen MR) is 161 cm³/mol. The topological polar surface area (TPSA) is 109 Å². The normalized spacial score (nSPS) is 12.3. The molecule has 0 aliphatic heterocycles. The number of ether oxygens (including phenoxy) is 2. The van der Waals surface area contributed by atoms with Crippen molar-refractivity contribution in [3.8, 4) is 22.9 Å². The van der Waals surface area contributed by atoms with Crippen LogP contribution in [-0.4, -0.2) is 34.0 Å². The summed E-state index contributed by atoms with van der Waals surface area (Å²) in [7, 11) is 1.63. The van der Waals surface area contributed by atoms with E-state index in [1.54, 1.807) is 31.4 Å². The SMILES string of the molecule is CC[C@H](C)Oc1c(Br)cc(C=Nn2c(-c3cc(C(C)C)c(OC)cc3C)nc3ccccc3c2=O)cc1[N+](=O)[O-]. The Morgan fingerprint density at radius 1 is 1.18 bits per heavy atom. The van der Waals surface area contributed by atoms with Crippen LogP contribution in [-0.2, 0) is 0 Å². The summed E-state index contributed by atoms with van der Waals surface area (Å²) >= 11 is 3.41. The summed E-state index contributed by atoms with van der Waals surface area (Å²) < 4.78 is 13.1. The van der Waals surface area contributed by atoms with Gasteiger partial charge in [-0.25, -0.2) is 4.98 Å². The molecule has 1 heterocycles. The molecule has 4 aromatic rings. The Balaban J connectivity index is 1.93. The number of benzene rings is 3. The van der Waals surface area contributed by atoms with Crippen LogP contribution in [0.1, 0.15) is 56.7 Å². The minimum Gasteiger partial charge on any atom is -0.496 e. The van der Waals surface area contributed by atoms with Gasteiger partial charge in [-0.05, 0) is 83.6 Å². The minimum atomic E-state index is -0.497. The molecule has 208 valence electrons. The van der Waals surface area contributed by atoms with E-state index in [9.17, 15) is 14.9 Å². The summed E-state index contributed by atoms with van der Waals surface area (Å²) in [6, 6.07) is 14.0. The Bertz CT molecular complexity index is 1680. The highest BCUT2D eigenvalue weighted by atomic mass is 79.9. The first-order valence-electron chi connectivity index (χ1n) is 12.9. The van der Waals surface area contributed by atoms with E-state index in [1.807, 2.05) is 39.0 Å². The van der Waals surface area contributed by atoms with Gasteiger partial charge in [-0.15, -0.1) is 0 Å². The van der Waals surface area contributed by atoms with Gasteiger partial charge >= 0.3 is 5.69 Å². The zero-order valence-corrected chi connectivity index (χ0v) is 24.9. The van der Waals surface area contributed by atoms with Crippen molar-refractivity contribution in [3.05, 3.63) is 90.2 Å². The van der Waals surface area contributed by atoms with Gasteiger partial charge in [-0.3, -0.25) is 14.9 Å². The molecule has 0 unspecified atom stereocenters. The number of aryl methyl sites for hydroxylation is 1. The highest BCUT2D eigenvalue weighted by molar-refractivity contribution is 9.10. The van der Waals surface area contributed by atoms with E-state index < -0.39 is 4.92 Å². The van der Waals surface area contributed by atoms with Gasteiger partial charge in [-0.2, -0.15) is 9.78 Å². The second-order valence-corrected chi connectivity index (χ2v) is 10.7. The first-order chi connectivity index (χ1) is 19.0. The Labute approximate surface area is 240 Å². The van der Waals surface area contributed by atoms with Gasteiger partial charge in [0, 0.05) is 17.2 Å². The lowest BCUT2D eigenvalue weighted by atomic mass is 9.96. The van der Waals surface area contributed by atoms with Crippen LogP contribution in [0.3, 0.4) is 0 Å². The molecule has 4 rings (SSSR count). The lowest BCUT2D eigenvalue weighted by Crippen LogP contribution is -2.21. The van der Waals surface area contributed by atoms with Crippen LogP contribution >= 0.6 is 15.9 Å². The van der Waals surface area contributed by atoms with Crippen LogP contribution in [0.25, 0.3) is 22.3 Å². The summed E-state index contributed by atoms with van der Waals surface area (Å²) in [6.07, 6.45) is 1.90. The summed E-state index contributed by atoms with van der Waals surface area (Å²) in [5.74, 6) is 1.42. The molecule has 40 heavy (non-hydrogen) atoms. The third kappa shape index (κ3) is 5.77. The quantitative estimate of drug-likeness (QED) is 0.113.